The lowest BCUT2D eigenvalue weighted by molar-refractivity contribution is -0.118. The molecule has 1 amide bonds. The lowest BCUT2D eigenvalue weighted by Gasteiger charge is -2.10. The molecule has 0 fully saturated rings. The number of carbonyl (C=O) groups is 1. The van der Waals surface area contributed by atoms with Crippen molar-refractivity contribution in [2.45, 2.75) is 5.16 Å². The van der Waals surface area contributed by atoms with Gasteiger partial charge in [0.2, 0.25) is 0 Å². The number of hydrogen-bond donors (Lipinski definition) is 1. The topological polar surface area (TPSA) is 90.6 Å². The van der Waals surface area contributed by atoms with E-state index in [4.69, 9.17) is 32.7 Å². The Morgan fingerprint density at radius 1 is 1.00 bits per heavy atom. The summed E-state index contributed by atoms with van der Waals surface area (Å²) < 4.78 is 12.5. The molecule has 36 heavy (non-hydrogen) atoms. The summed E-state index contributed by atoms with van der Waals surface area (Å²) in [6, 6.07) is 20.0. The number of rotatable bonds is 9. The fraction of sp³-hybridized carbons (Fsp3) is 0.120. The average Bonchev–Trinajstić information content (AvgIpc) is 3.32. The quantitative estimate of drug-likeness (QED) is 0.171. The Kier molecular flexibility index (Phi) is 8.48. The predicted molar refractivity (Wildman–Crippen MR) is 143 cm³/mol. The fourth-order valence-corrected chi connectivity index (χ4v) is 4.32. The van der Waals surface area contributed by atoms with Crippen molar-refractivity contribution in [1.82, 2.24) is 20.2 Å². The Morgan fingerprint density at radius 2 is 1.69 bits per heavy atom. The zero-order valence-corrected chi connectivity index (χ0v) is 21.6. The van der Waals surface area contributed by atoms with Gasteiger partial charge in [0.1, 0.15) is 0 Å². The third kappa shape index (κ3) is 5.99. The SMILES string of the molecule is COc1cccc(/C=N\NC(=O)CSc2nnc(-c3ccc(Cl)cc3)n2-c2ccc(Cl)cc2)c1OC. The molecule has 1 N–H and O–H groups in total. The van der Waals surface area contributed by atoms with Crippen LogP contribution >= 0.6 is 35.0 Å². The molecule has 0 spiro atoms. The molecule has 0 aliphatic heterocycles. The van der Waals surface area contributed by atoms with Crippen LogP contribution in [0.15, 0.2) is 77.0 Å². The number of benzene rings is 3. The van der Waals surface area contributed by atoms with Crippen molar-refractivity contribution < 1.29 is 14.3 Å². The summed E-state index contributed by atoms with van der Waals surface area (Å²) in [5.41, 5.74) is 4.83. The summed E-state index contributed by atoms with van der Waals surface area (Å²) in [6.45, 7) is 0. The van der Waals surface area contributed by atoms with Crippen molar-refractivity contribution >= 4 is 47.1 Å². The van der Waals surface area contributed by atoms with Gasteiger partial charge in [-0.2, -0.15) is 5.10 Å². The van der Waals surface area contributed by atoms with E-state index in [-0.39, 0.29) is 11.7 Å². The molecule has 0 unspecified atom stereocenters. The zero-order chi connectivity index (χ0) is 25.5. The van der Waals surface area contributed by atoms with E-state index in [0.717, 1.165) is 11.3 Å². The van der Waals surface area contributed by atoms with Crippen LogP contribution in [0.25, 0.3) is 17.1 Å². The van der Waals surface area contributed by atoms with Gasteiger partial charge in [0.25, 0.3) is 5.91 Å². The first kappa shape index (κ1) is 25.6. The third-order valence-corrected chi connectivity index (χ3v) is 6.41. The molecule has 1 heterocycles. The van der Waals surface area contributed by atoms with Crippen molar-refractivity contribution in [1.29, 1.82) is 0 Å². The van der Waals surface area contributed by atoms with Crippen LogP contribution in [0.5, 0.6) is 11.5 Å². The monoisotopic (exact) mass is 541 g/mol. The first-order valence-electron chi connectivity index (χ1n) is 10.6. The smallest absolute Gasteiger partial charge is 0.250 e. The van der Waals surface area contributed by atoms with Gasteiger partial charge in [-0.1, -0.05) is 41.0 Å². The number of methoxy groups -OCH3 is 2. The standard InChI is InChI=1S/C25H21Cl2N5O3S/c1-34-21-5-3-4-17(23(21)35-2)14-28-29-22(33)15-36-25-31-30-24(16-6-8-18(26)9-7-16)32(25)20-12-10-19(27)11-13-20/h3-14H,15H2,1-2H3,(H,29,33)/b28-14-. The lowest BCUT2D eigenvalue weighted by atomic mass is 10.2. The maximum atomic E-state index is 12.5. The van der Waals surface area contributed by atoms with Crippen molar-refractivity contribution in [3.63, 3.8) is 0 Å². The van der Waals surface area contributed by atoms with Gasteiger partial charge in [-0.3, -0.25) is 9.36 Å². The number of halogens is 2. The Labute approximate surface area is 222 Å². The van der Waals surface area contributed by atoms with Crippen molar-refractivity contribution in [2.24, 2.45) is 5.10 Å². The Hall–Kier alpha value is -3.53. The van der Waals surface area contributed by atoms with Crippen molar-refractivity contribution in [3.8, 4) is 28.6 Å². The van der Waals surface area contributed by atoms with Crippen molar-refractivity contribution in [3.05, 3.63) is 82.3 Å². The summed E-state index contributed by atoms with van der Waals surface area (Å²) in [7, 11) is 3.10. The van der Waals surface area contributed by atoms with Crippen LogP contribution in [0.4, 0.5) is 0 Å². The number of amides is 1. The van der Waals surface area contributed by atoms with Crippen LogP contribution < -0.4 is 14.9 Å². The second kappa shape index (κ2) is 11.9. The largest absolute Gasteiger partial charge is 0.493 e. The minimum absolute atomic E-state index is 0.0684. The number of hydrogen-bond acceptors (Lipinski definition) is 7. The number of thioether (sulfide) groups is 1. The molecule has 184 valence electrons. The summed E-state index contributed by atoms with van der Waals surface area (Å²) >= 11 is 13.4. The molecule has 0 saturated heterocycles. The van der Waals surface area contributed by atoms with Crippen LogP contribution in [0.1, 0.15) is 5.56 Å². The van der Waals surface area contributed by atoms with E-state index in [1.807, 2.05) is 34.9 Å². The highest BCUT2D eigenvalue weighted by Crippen LogP contribution is 2.30. The van der Waals surface area contributed by atoms with Gasteiger partial charge in [-0.15, -0.1) is 10.2 Å². The van der Waals surface area contributed by atoms with Crippen LogP contribution in [-0.4, -0.2) is 46.9 Å². The second-order valence-corrected chi connectivity index (χ2v) is 9.10. The number of nitrogens with zero attached hydrogens (tertiary/aromatic N) is 4. The minimum atomic E-state index is -0.309. The van der Waals surface area contributed by atoms with Crippen LogP contribution in [0.2, 0.25) is 10.0 Å². The Morgan fingerprint density at radius 3 is 2.36 bits per heavy atom. The van der Waals surface area contributed by atoms with Crippen LogP contribution in [0, 0.1) is 0 Å². The molecular formula is C25H21Cl2N5O3S. The molecule has 8 nitrogen and oxygen atoms in total. The average molecular weight is 542 g/mol. The molecule has 0 aliphatic rings. The van der Waals surface area contributed by atoms with E-state index >= 15 is 0 Å². The number of para-hydroxylation sites is 1. The number of aromatic nitrogens is 3. The summed E-state index contributed by atoms with van der Waals surface area (Å²) in [4.78, 5) is 12.5. The van der Waals surface area contributed by atoms with E-state index < -0.39 is 0 Å². The van der Waals surface area contributed by atoms with Crippen LogP contribution in [0.3, 0.4) is 0 Å². The predicted octanol–water partition coefficient (Wildman–Crippen LogP) is 5.50. The second-order valence-electron chi connectivity index (χ2n) is 7.29. The maximum Gasteiger partial charge on any atom is 0.250 e. The highest BCUT2D eigenvalue weighted by atomic mass is 35.5. The summed E-state index contributed by atoms with van der Waals surface area (Å²) in [6.07, 6.45) is 1.50. The molecule has 0 atom stereocenters. The summed E-state index contributed by atoms with van der Waals surface area (Å²) in [5, 5.41) is 14.5. The molecule has 0 bridgehead atoms. The summed E-state index contributed by atoms with van der Waals surface area (Å²) in [5.74, 6) is 1.47. The number of hydrazone groups is 1. The highest BCUT2D eigenvalue weighted by molar-refractivity contribution is 7.99. The van der Waals surface area contributed by atoms with Gasteiger partial charge >= 0.3 is 0 Å². The van der Waals surface area contributed by atoms with Gasteiger partial charge in [0, 0.05) is 26.9 Å². The Balaban J connectivity index is 1.50. The first-order chi connectivity index (χ1) is 17.5. The molecule has 1 aromatic heterocycles. The van der Waals surface area contributed by atoms with E-state index in [1.165, 1.54) is 18.0 Å². The lowest BCUT2D eigenvalue weighted by Crippen LogP contribution is -2.20. The normalized spacial score (nSPS) is 11.0. The van der Waals surface area contributed by atoms with E-state index in [1.54, 1.807) is 50.6 Å². The number of carbonyl (C=O) groups excluding carboxylic acids is 1. The van der Waals surface area contributed by atoms with E-state index in [9.17, 15) is 4.79 Å². The first-order valence-corrected chi connectivity index (χ1v) is 12.4. The molecule has 3 aromatic carbocycles. The maximum absolute atomic E-state index is 12.5. The Bertz CT molecular complexity index is 1380. The van der Waals surface area contributed by atoms with Gasteiger partial charge in [-0.25, -0.2) is 5.43 Å². The van der Waals surface area contributed by atoms with Crippen LogP contribution in [-0.2, 0) is 4.79 Å². The van der Waals surface area contributed by atoms with Gasteiger partial charge in [-0.05, 0) is 60.7 Å². The molecular weight excluding hydrogens is 521 g/mol. The van der Waals surface area contributed by atoms with E-state index in [0.29, 0.717) is 38.1 Å². The third-order valence-electron chi connectivity index (χ3n) is 4.98. The fourth-order valence-electron chi connectivity index (χ4n) is 3.32. The van der Waals surface area contributed by atoms with Gasteiger partial charge in [0.05, 0.1) is 26.2 Å². The molecule has 0 saturated carbocycles. The van der Waals surface area contributed by atoms with E-state index in [2.05, 4.69) is 20.7 Å². The molecule has 4 rings (SSSR count). The van der Waals surface area contributed by atoms with Gasteiger partial charge in [0.15, 0.2) is 22.5 Å². The van der Waals surface area contributed by atoms with Crippen molar-refractivity contribution in [2.75, 3.05) is 20.0 Å². The molecule has 4 aromatic rings. The molecule has 0 aliphatic carbocycles. The molecule has 0 radical (unpaired) electrons. The van der Waals surface area contributed by atoms with Gasteiger partial charge < -0.3 is 9.47 Å². The number of nitrogens with one attached hydrogen (secondary N) is 1. The minimum Gasteiger partial charge on any atom is -0.493 e. The molecule has 11 heteroatoms. The zero-order valence-electron chi connectivity index (χ0n) is 19.3. The highest BCUT2D eigenvalue weighted by Gasteiger charge is 2.17. The number of ether oxygens (including phenoxy) is 2.